The van der Waals surface area contributed by atoms with Gasteiger partial charge in [-0.2, -0.15) is 13.2 Å². The predicted molar refractivity (Wildman–Crippen MR) is 100 cm³/mol. The Hall–Kier alpha value is -2.91. The molecule has 4 amide bonds. The molecule has 1 saturated carbocycles. The summed E-state index contributed by atoms with van der Waals surface area (Å²) >= 11 is 0. The molecule has 2 atom stereocenters. The van der Waals surface area contributed by atoms with Crippen LogP contribution in [0.15, 0.2) is 24.3 Å². The van der Waals surface area contributed by atoms with Gasteiger partial charge in [0.1, 0.15) is 6.54 Å². The first kappa shape index (κ1) is 21.8. The monoisotopic (exact) mass is 425 g/mol. The lowest BCUT2D eigenvalue weighted by Crippen LogP contribution is -2.35. The van der Waals surface area contributed by atoms with E-state index in [1.807, 2.05) is 0 Å². The molecule has 10 heteroatoms. The fourth-order valence-corrected chi connectivity index (χ4v) is 3.94. The number of nitrogens with zero attached hydrogens (tertiary/aromatic N) is 1. The van der Waals surface area contributed by atoms with Crippen molar-refractivity contribution in [3.05, 3.63) is 29.8 Å². The Balaban J connectivity index is 1.58. The van der Waals surface area contributed by atoms with Gasteiger partial charge in [0.15, 0.2) is 0 Å². The molecule has 7 nitrogen and oxygen atoms in total. The molecule has 2 unspecified atom stereocenters. The summed E-state index contributed by atoms with van der Waals surface area (Å²) in [7, 11) is 0. The molecule has 1 saturated heterocycles. The van der Waals surface area contributed by atoms with Crippen molar-refractivity contribution in [2.24, 2.45) is 11.8 Å². The van der Waals surface area contributed by atoms with Crippen LogP contribution in [-0.4, -0.2) is 47.8 Å². The average Bonchev–Trinajstić information content (AvgIpc) is 2.95. The van der Waals surface area contributed by atoms with Crippen LogP contribution in [0.25, 0.3) is 0 Å². The van der Waals surface area contributed by atoms with E-state index < -0.39 is 24.5 Å². The number of nitrogens with one attached hydrogen (secondary N) is 2. The van der Waals surface area contributed by atoms with Crippen molar-refractivity contribution in [2.75, 3.05) is 18.4 Å². The van der Waals surface area contributed by atoms with Gasteiger partial charge in [0.05, 0.1) is 23.1 Å². The fraction of sp³-hybridized carbons (Fsp3) is 0.500. The normalized spacial score (nSPS) is 21.4. The van der Waals surface area contributed by atoms with Crippen LogP contribution in [0.1, 0.15) is 42.5 Å². The van der Waals surface area contributed by atoms with Crippen molar-refractivity contribution in [1.29, 1.82) is 0 Å². The van der Waals surface area contributed by atoms with Crippen molar-refractivity contribution in [2.45, 2.75) is 38.3 Å². The van der Waals surface area contributed by atoms with E-state index in [1.54, 1.807) is 5.32 Å². The lowest BCUT2D eigenvalue weighted by atomic mass is 9.81. The van der Waals surface area contributed by atoms with Crippen LogP contribution >= 0.6 is 0 Å². The number of likely N-dealkylation sites (tertiary alicyclic amines) is 1. The molecule has 3 rings (SSSR count). The van der Waals surface area contributed by atoms with Gasteiger partial charge in [-0.15, -0.1) is 0 Å². The van der Waals surface area contributed by atoms with E-state index in [0.29, 0.717) is 12.8 Å². The maximum atomic E-state index is 12.4. The number of carbonyl (C=O) groups excluding carboxylic acids is 4. The van der Waals surface area contributed by atoms with Gasteiger partial charge < -0.3 is 10.6 Å². The average molecular weight is 425 g/mol. The van der Waals surface area contributed by atoms with Gasteiger partial charge >= 0.3 is 6.18 Å². The van der Waals surface area contributed by atoms with Crippen LogP contribution in [0, 0.1) is 11.8 Å². The number of halogens is 3. The number of anilines is 1. The highest BCUT2D eigenvalue weighted by Crippen LogP contribution is 2.38. The molecule has 1 aromatic carbocycles. The smallest absolute Gasteiger partial charge is 0.343 e. The van der Waals surface area contributed by atoms with Crippen molar-refractivity contribution < 1.29 is 32.3 Å². The van der Waals surface area contributed by atoms with Gasteiger partial charge in [0.2, 0.25) is 17.7 Å². The third-order valence-electron chi connectivity index (χ3n) is 5.39. The number of fused-ring (bicyclic) bond motifs is 1. The summed E-state index contributed by atoms with van der Waals surface area (Å²) in [5.74, 6) is -2.62. The Morgan fingerprint density at radius 1 is 1.03 bits per heavy atom. The highest BCUT2D eigenvalue weighted by Gasteiger charge is 2.47. The standard InChI is InChI=1S/C20H22F3N3O4/c21-20(22,23)11-24-17(28)14-7-3-4-8-15(14)25-16(27)9-10-26-18(29)12-5-1-2-6-13(12)19(26)30/h3-4,7-8,12-13H,1-2,5-6,9-11H2,(H,24,28)(H,25,27). The first-order valence-corrected chi connectivity index (χ1v) is 9.76. The molecule has 2 fully saturated rings. The summed E-state index contributed by atoms with van der Waals surface area (Å²) < 4.78 is 37.0. The van der Waals surface area contributed by atoms with Crippen LogP contribution in [0.5, 0.6) is 0 Å². The number of hydrogen-bond acceptors (Lipinski definition) is 4. The number of rotatable bonds is 6. The summed E-state index contributed by atoms with van der Waals surface area (Å²) in [6, 6.07) is 5.66. The maximum Gasteiger partial charge on any atom is 0.405 e. The first-order valence-electron chi connectivity index (χ1n) is 9.76. The molecule has 162 valence electrons. The lowest BCUT2D eigenvalue weighted by Gasteiger charge is -2.19. The van der Waals surface area contributed by atoms with Crippen molar-refractivity contribution in [3.63, 3.8) is 0 Å². The molecule has 0 spiro atoms. The first-order chi connectivity index (χ1) is 14.2. The summed E-state index contributed by atoms with van der Waals surface area (Å²) in [5.41, 5.74) is -0.0654. The largest absolute Gasteiger partial charge is 0.405 e. The minimum absolute atomic E-state index is 0.0509. The summed E-state index contributed by atoms with van der Waals surface area (Å²) in [6.45, 7) is -1.56. The zero-order valence-corrected chi connectivity index (χ0v) is 16.1. The second-order valence-electron chi connectivity index (χ2n) is 7.47. The topological polar surface area (TPSA) is 95.6 Å². The Bertz CT molecular complexity index is 832. The molecule has 30 heavy (non-hydrogen) atoms. The van der Waals surface area contributed by atoms with Crippen LogP contribution in [0.4, 0.5) is 18.9 Å². The Kier molecular flexibility index (Phi) is 6.42. The minimum Gasteiger partial charge on any atom is -0.343 e. The zero-order chi connectivity index (χ0) is 21.9. The van der Waals surface area contributed by atoms with Gasteiger partial charge in [-0.25, -0.2) is 0 Å². The number of alkyl halides is 3. The van der Waals surface area contributed by atoms with E-state index >= 15 is 0 Å². The van der Waals surface area contributed by atoms with E-state index in [2.05, 4.69) is 5.32 Å². The summed E-state index contributed by atoms with van der Waals surface area (Å²) in [5, 5.41) is 4.23. The van der Waals surface area contributed by atoms with Crippen LogP contribution in [0.2, 0.25) is 0 Å². The molecule has 1 heterocycles. The molecule has 2 N–H and O–H groups in total. The van der Waals surface area contributed by atoms with Gasteiger partial charge in [0, 0.05) is 13.0 Å². The number of benzene rings is 1. The molecule has 0 bridgehead atoms. The molecule has 1 aromatic rings. The Morgan fingerprint density at radius 2 is 1.63 bits per heavy atom. The molecular formula is C20H22F3N3O4. The predicted octanol–water partition coefficient (Wildman–Crippen LogP) is 2.48. The van der Waals surface area contributed by atoms with Gasteiger partial charge in [0.25, 0.3) is 5.91 Å². The lowest BCUT2D eigenvalue weighted by molar-refractivity contribution is -0.140. The van der Waals surface area contributed by atoms with Crippen molar-refractivity contribution >= 4 is 29.3 Å². The second-order valence-corrected chi connectivity index (χ2v) is 7.47. The van der Waals surface area contributed by atoms with Crippen LogP contribution in [-0.2, 0) is 14.4 Å². The van der Waals surface area contributed by atoms with E-state index in [4.69, 9.17) is 0 Å². The summed E-state index contributed by atoms with van der Waals surface area (Å²) in [4.78, 5) is 50.4. The quantitative estimate of drug-likeness (QED) is 0.685. The van der Waals surface area contributed by atoms with E-state index in [1.165, 1.54) is 24.3 Å². The molecule has 0 radical (unpaired) electrons. The third kappa shape index (κ3) is 4.98. The Morgan fingerprint density at radius 3 is 2.23 bits per heavy atom. The van der Waals surface area contributed by atoms with Gasteiger partial charge in [-0.1, -0.05) is 25.0 Å². The summed E-state index contributed by atoms with van der Waals surface area (Å²) in [6.07, 6.45) is -1.56. The zero-order valence-electron chi connectivity index (χ0n) is 16.1. The molecule has 0 aromatic heterocycles. The number of hydrogen-bond donors (Lipinski definition) is 2. The van der Waals surface area contributed by atoms with Crippen molar-refractivity contribution in [1.82, 2.24) is 10.2 Å². The van der Waals surface area contributed by atoms with Crippen molar-refractivity contribution in [3.8, 4) is 0 Å². The van der Waals surface area contributed by atoms with E-state index in [0.717, 1.165) is 17.7 Å². The number of amides is 4. The maximum absolute atomic E-state index is 12.4. The van der Waals surface area contributed by atoms with Gasteiger partial charge in [-0.05, 0) is 25.0 Å². The number of para-hydroxylation sites is 1. The number of carbonyl (C=O) groups is 4. The molecule has 2 aliphatic rings. The minimum atomic E-state index is -4.56. The van der Waals surface area contributed by atoms with Gasteiger partial charge in [-0.3, -0.25) is 24.1 Å². The molecule has 1 aliphatic carbocycles. The van der Waals surface area contributed by atoms with Crippen LogP contribution < -0.4 is 10.6 Å². The highest BCUT2D eigenvalue weighted by molar-refractivity contribution is 6.06. The fourth-order valence-electron chi connectivity index (χ4n) is 3.94. The third-order valence-corrected chi connectivity index (χ3v) is 5.39. The Labute approximate surface area is 171 Å². The molecule has 1 aliphatic heterocycles. The molecular weight excluding hydrogens is 403 g/mol. The second kappa shape index (κ2) is 8.85. The number of imide groups is 1. The van der Waals surface area contributed by atoms with E-state index in [-0.39, 0.29) is 47.9 Å². The highest BCUT2D eigenvalue weighted by atomic mass is 19.4. The SMILES string of the molecule is O=C(CCN1C(=O)C2CCCCC2C1=O)Nc1ccccc1C(=O)NCC(F)(F)F. The van der Waals surface area contributed by atoms with E-state index in [9.17, 15) is 32.3 Å². The van der Waals surface area contributed by atoms with Crippen LogP contribution in [0.3, 0.4) is 0 Å².